The summed E-state index contributed by atoms with van der Waals surface area (Å²) in [6.07, 6.45) is 65.9. The third-order valence-electron chi connectivity index (χ3n) is 13.5. The first-order valence-electron chi connectivity index (χ1n) is 29.9. The van der Waals surface area contributed by atoms with Crippen LogP contribution in [0.4, 0.5) is 0 Å². The van der Waals surface area contributed by atoms with E-state index in [-0.39, 0.29) is 31.1 Å². The zero-order valence-corrected chi connectivity index (χ0v) is 45.2. The van der Waals surface area contributed by atoms with Gasteiger partial charge in [-0.15, -0.1) is 0 Å². The Morgan fingerprint density at radius 1 is 0.299 bits per heavy atom. The maximum atomic E-state index is 12.9. The van der Waals surface area contributed by atoms with Crippen LogP contribution in [-0.2, 0) is 28.6 Å². The highest BCUT2D eigenvalue weighted by molar-refractivity contribution is 5.71. The van der Waals surface area contributed by atoms with Crippen molar-refractivity contribution >= 4 is 17.9 Å². The molecule has 0 aliphatic heterocycles. The molecule has 0 aliphatic carbocycles. The molecule has 0 rings (SSSR count). The van der Waals surface area contributed by atoms with Crippen LogP contribution in [0.2, 0.25) is 0 Å². The average Bonchev–Trinajstić information content (AvgIpc) is 3.33. The van der Waals surface area contributed by atoms with Crippen molar-refractivity contribution in [2.75, 3.05) is 13.2 Å². The lowest BCUT2D eigenvalue weighted by atomic mass is 10.0. The van der Waals surface area contributed by atoms with E-state index < -0.39 is 6.10 Å². The molecule has 6 heteroatoms. The molecule has 0 aromatic heterocycles. The topological polar surface area (TPSA) is 78.9 Å². The van der Waals surface area contributed by atoms with E-state index in [9.17, 15) is 14.4 Å². The quantitative estimate of drug-likeness (QED) is 0.0262. The summed E-state index contributed by atoms with van der Waals surface area (Å²) in [5.74, 6) is -0.845. The van der Waals surface area contributed by atoms with E-state index in [1.54, 1.807) is 0 Å². The maximum absolute atomic E-state index is 12.9. The highest BCUT2D eigenvalue weighted by Crippen LogP contribution is 2.17. The summed E-state index contributed by atoms with van der Waals surface area (Å²) in [5, 5.41) is 0. The van der Waals surface area contributed by atoms with Crippen molar-refractivity contribution in [1.82, 2.24) is 0 Å². The van der Waals surface area contributed by atoms with Gasteiger partial charge in [0.15, 0.2) is 6.10 Å². The van der Waals surface area contributed by atoms with Gasteiger partial charge in [-0.05, 0) is 44.9 Å². The Morgan fingerprint density at radius 3 is 0.821 bits per heavy atom. The monoisotopic (exact) mass is 943 g/mol. The summed E-state index contributed by atoms with van der Waals surface area (Å²) in [7, 11) is 0. The molecule has 6 nitrogen and oxygen atoms in total. The van der Waals surface area contributed by atoms with Crippen molar-refractivity contribution in [2.45, 2.75) is 335 Å². The lowest BCUT2D eigenvalue weighted by Crippen LogP contribution is -2.30. The predicted octanol–water partition coefficient (Wildman–Crippen LogP) is 19.9. The molecule has 0 aromatic carbocycles. The molecule has 0 aromatic rings. The molecule has 0 heterocycles. The standard InChI is InChI=1S/C61H114O6/c1-4-7-10-13-16-19-22-25-28-29-30-31-34-36-39-42-45-48-51-54-60(63)66-57-58(67-61(64)55-52-49-46-43-40-37-33-27-24-21-18-15-12-9-6-3)56-65-59(62)53-50-47-44-41-38-35-32-26-23-20-17-14-11-8-5-2/h16,19,22,25,58H,4-15,17-18,20-21,23-24,26-57H2,1-3H3/b19-16-,25-22-. The van der Waals surface area contributed by atoms with Crippen LogP contribution in [0.3, 0.4) is 0 Å². The second-order valence-corrected chi connectivity index (χ2v) is 20.3. The first-order valence-corrected chi connectivity index (χ1v) is 29.9. The lowest BCUT2D eigenvalue weighted by Gasteiger charge is -2.18. The smallest absolute Gasteiger partial charge is 0.306 e. The molecule has 0 saturated heterocycles. The molecule has 0 fully saturated rings. The zero-order valence-electron chi connectivity index (χ0n) is 45.2. The number of hydrogen-bond donors (Lipinski definition) is 0. The van der Waals surface area contributed by atoms with Crippen LogP contribution in [0, 0.1) is 0 Å². The summed E-state index contributed by atoms with van der Waals surface area (Å²) in [6.45, 7) is 6.67. The SMILES string of the molecule is CCCCC/C=C\C=C/CCCCCCCCCCCCC(=O)OCC(COC(=O)CCCCCCCCCCCCCCCCC)OC(=O)CCCCCCCCCCCCCCCCC. The zero-order chi connectivity index (χ0) is 48.6. The van der Waals surface area contributed by atoms with Crippen LogP contribution < -0.4 is 0 Å². The minimum absolute atomic E-state index is 0.0661. The van der Waals surface area contributed by atoms with Crippen molar-refractivity contribution in [3.05, 3.63) is 24.3 Å². The van der Waals surface area contributed by atoms with Crippen molar-refractivity contribution in [3.63, 3.8) is 0 Å². The highest BCUT2D eigenvalue weighted by atomic mass is 16.6. The van der Waals surface area contributed by atoms with Gasteiger partial charge in [0.05, 0.1) is 0 Å². The molecule has 1 unspecified atom stereocenters. The van der Waals surface area contributed by atoms with E-state index in [0.29, 0.717) is 19.3 Å². The summed E-state index contributed by atoms with van der Waals surface area (Å²) in [5.41, 5.74) is 0. The number of allylic oxidation sites excluding steroid dienone is 4. The lowest BCUT2D eigenvalue weighted by molar-refractivity contribution is -0.167. The van der Waals surface area contributed by atoms with Gasteiger partial charge in [0.1, 0.15) is 13.2 Å². The van der Waals surface area contributed by atoms with Crippen molar-refractivity contribution < 1.29 is 28.6 Å². The number of carbonyl (C=O) groups is 3. The number of esters is 3. The predicted molar refractivity (Wildman–Crippen MR) is 289 cm³/mol. The van der Waals surface area contributed by atoms with E-state index >= 15 is 0 Å². The first-order chi connectivity index (χ1) is 33.0. The number of ether oxygens (including phenoxy) is 3. The molecule has 0 bridgehead atoms. The largest absolute Gasteiger partial charge is 0.462 e. The normalized spacial score (nSPS) is 12.1. The molecule has 0 aliphatic rings. The summed E-state index contributed by atoms with van der Waals surface area (Å²) >= 11 is 0. The number of carbonyl (C=O) groups excluding carboxylic acids is 3. The van der Waals surface area contributed by atoms with E-state index in [0.717, 1.165) is 57.8 Å². The van der Waals surface area contributed by atoms with Gasteiger partial charge in [0.2, 0.25) is 0 Å². The molecule has 0 radical (unpaired) electrons. The molecule has 1 atom stereocenters. The maximum Gasteiger partial charge on any atom is 0.306 e. The van der Waals surface area contributed by atoms with Crippen LogP contribution in [0.5, 0.6) is 0 Å². The van der Waals surface area contributed by atoms with Gasteiger partial charge in [0, 0.05) is 19.3 Å². The minimum Gasteiger partial charge on any atom is -0.462 e. The Hall–Kier alpha value is -2.11. The van der Waals surface area contributed by atoms with Crippen molar-refractivity contribution in [2.24, 2.45) is 0 Å². The van der Waals surface area contributed by atoms with Gasteiger partial charge >= 0.3 is 17.9 Å². The van der Waals surface area contributed by atoms with Gasteiger partial charge in [-0.1, -0.05) is 289 Å². The fourth-order valence-electron chi connectivity index (χ4n) is 8.97. The Labute approximate surface area is 417 Å². The Kier molecular flexibility index (Phi) is 54.7. The summed E-state index contributed by atoms with van der Waals surface area (Å²) in [4.78, 5) is 38.2. The molecule has 394 valence electrons. The van der Waals surface area contributed by atoms with Crippen molar-refractivity contribution in [1.29, 1.82) is 0 Å². The number of unbranched alkanes of at least 4 members (excludes halogenated alkanes) is 41. The first kappa shape index (κ1) is 64.9. The molecule has 0 spiro atoms. The summed E-state index contributed by atoms with van der Waals surface area (Å²) < 4.78 is 16.9. The number of hydrogen-bond acceptors (Lipinski definition) is 6. The van der Waals surface area contributed by atoms with Crippen LogP contribution in [-0.4, -0.2) is 37.2 Å². The van der Waals surface area contributed by atoms with Crippen LogP contribution in [0.15, 0.2) is 24.3 Å². The Bertz CT molecular complexity index is 1080. The van der Waals surface area contributed by atoms with Crippen LogP contribution >= 0.6 is 0 Å². The molecule has 0 saturated carbocycles. The van der Waals surface area contributed by atoms with E-state index in [2.05, 4.69) is 45.1 Å². The van der Waals surface area contributed by atoms with E-state index in [1.807, 2.05) is 0 Å². The third-order valence-corrected chi connectivity index (χ3v) is 13.5. The fourth-order valence-corrected chi connectivity index (χ4v) is 8.97. The fraction of sp³-hybridized carbons (Fsp3) is 0.885. The van der Waals surface area contributed by atoms with Gasteiger partial charge in [0.25, 0.3) is 0 Å². The molecule has 0 N–H and O–H groups in total. The van der Waals surface area contributed by atoms with Gasteiger partial charge in [-0.2, -0.15) is 0 Å². The van der Waals surface area contributed by atoms with Crippen LogP contribution in [0.25, 0.3) is 0 Å². The molecular weight excluding hydrogens is 829 g/mol. The van der Waals surface area contributed by atoms with Crippen LogP contribution in [0.1, 0.15) is 329 Å². The Balaban J connectivity index is 4.31. The summed E-state index contributed by atoms with van der Waals surface area (Å²) in [6, 6.07) is 0. The molecule has 67 heavy (non-hydrogen) atoms. The minimum atomic E-state index is -0.767. The second-order valence-electron chi connectivity index (χ2n) is 20.3. The van der Waals surface area contributed by atoms with Gasteiger partial charge < -0.3 is 14.2 Å². The van der Waals surface area contributed by atoms with E-state index in [4.69, 9.17) is 14.2 Å². The average molecular weight is 944 g/mol. The number of rotatable bonds is 55. The second kappa shape index (κ2) is 56.5. The van der Waals surface area contributed by atoms with Gasteiger partial charge in [-0.25, -0.2) is 0 Å². The van der Waals surface area contributed by atoms with Crippen molar-refractivity contribution in [3.8, 4) is 0 Å². The highest BCUT2D eigenvalue weighted by Gasteiger charge is 2.19. The molecular formula is C61H114O6. The molecule has 0 amide bonds. The Morgan fingerprint density at radius 2 is 0.522 bits per heavy atom. The third kappa shape index (κ3) is 54.7. The van der Waals surface area contributed by atoms with Gasteiger partial charge in [-0.3, -0.25) is 14.4 Å². The van der Waals surface area contributed by atoms with E-state index in [1.165, 1.54) is 231 Å².